The molecule has 0 amide bonds. The van der Waals surface area contributed by atoms with Gasteiger partial charge in [-0.15, -0.1) is 0 Å². The Balaban J connectivity index is 0.000000138. The van der Waals surface area contributed by atoms with Gasteiger partial charge < -0.3 is 29.1 Å². The molecule has 6 nitrogen and oxygen atoms in total. The third kappa shape index (κ3) is 4.69. The smallest absolute Gasteiger partial charge is 0.119 e. The molecule has 42 heavy (non-hydrogen) atoms. The van der Waals surface area contributed by atoms with Crippen molar-refractivity contribution >= 4 is 22.7 Å². The molecule has 2 fully saturated rings. The topological polar surface area (TPSA) is 31.4 Å². The molecule has 0 spiro atoms. The Morgan fingerprint density at radius 1 is 0.500 bits per heavy atom. The summed E-state index contributed by atoms with van der Waals surface area (Å²) in [7, 11) is 3.43. The molecule has 2 saturated heterocycles. The largest absolute Gasteiger partial charge is 0.497 e. The van der Waals surface area contributed by atoms with E-state index in [1.54, 1.807) is 14.2 Å². The Kier molecular flexibility index (Phi) is 6.85. The number of benzene rings is 4. The maximum atomic E-state index is 5.35. The van der Waals surface area contributed by atoms with Gasteiger partial charge >= 0.3 is 0 Å². The van der Waals surface area contributed by atoms with E-state index in [1.165, 1.54) is 45.0 Å². The van der Waals surface area contributed by atoms with Crippen LogP contribution in [0.25, 0.3) is 0 Å². The zero-order chi connectivity index (χ0) is 28.8. The standard InChI is InChI=1S/C18H20N2O2.C18H20N2/c1-21-15-5-3-14(4-6-15)19-9-10-20-17-8-7-16(22-2)11-13(17)12-18(19)20;1-13-3-6-16(7-4-13)19-9-10-20-17-8-5-14(2)11-15(17)12-18(19)20/h3-8,11,18H,9-10,12H2,1-2H3;3-8,11,18H,9-10,12H2,1-2H3. The van der Waals surface area contributed by atoms with Crippen LogP contribution in [-0.2, 0) is 12.8 Å². The highest BCUT2D eigenvalue weighted by atomic mass is 16.5. The van der Waals surface area contributed by atoms with E-state index in [-0.39, 0.29) is 0 Å². The first kappa shape index (κ1) is 26.6. The maximum Gasteiger partial charge on any atom is 0.119 e. The number of aryl methyl sites for hydroxylation is 2. The molecule has 0 radical (unpaired) electrons. The molecule has 0 bridgehead atoms. The summed E-state index contributed by atoms with van der Waals surface area (Å²) >= 11 is 0. The van der Waals surface area contributed by atoms with Crippen LogP contribution in [0.3, 0.4) is 0 Å². The minimum Gasteiger partial charge on any atom is -0.497 e. The quantitative estimate of drug-likeness (QED) is 0.286. The highest BCUT2D eigenvalue weighted by molar-refractivity contribution is 5.68. The van der Waals surface area contributed by atoms with Gasteiger partial charge in [-0.1, -0.05) is 35.4 Å². The molecule has 4 heterocycles. The lowest BCUT2D eigenvalue weighted by molar-refractivity contribution is 0.414. The van der Waals surface area contributed by atoms with Crippen LogP contribution in [0, 0.1) is 13.8 Å². The zero-order valence-electron chi connectivity index (χ0n) is 25.1. The number of hydrogen-bond donors (Lipinski definition) is 0. The predicted molar refractivity (Wildman–Crippen MR) is 173 cm³/mol. The normalized spacial score (nSPS) is 19.6. The third-order valence-electron chi connectivity index (χ3n) is 9.32. The van der Waals surface area contributed by atoms with E-state index < -0.39 is 0 Å². The first-order valence-electron chi connectivity index (χ1n) is 15.1. The summed E-state index contributed by atoms with van der Waals surface area (Å²) in [5.41, 5.74) is 11.0. The van der Waals surface area contributed by atoms with Gasteiger partial charge in [-0.25, -0.2) is 0 Å². The first-order chi connectivity index (χ1) is 20.5. The Morgan fingerprint density at radius 3 is 1.52 bits per heavy atom. The van der Waals surface area contributed by atoms with Gasteiger partial charge in [0.05, 0.1) is 14.2 Å². The van der Waals surface area contributed by atoms with Gasteiger partial charge in [-0.2, -0.15) is 0 Å². The molecule has 2 unspecified atom stereocenters. The first-order valence-corrected chi connectivity index (χ1v) is 15.1. The van der Waals surface area contributed by atoms with E-state index >= 15 is 0 Å². The van der Waals surface area contributed by atoms with Gasteiger partial charge in [-0.3, -0.25) is 0 Å². The summed E-state index contributed by atoms with van der Waals surface area (Å²) in [4.78, 5) is 10.1. The molecule has 0 aliphatic carbocycles. The monoisotopic (exact) mass is 560 g/mol. The number of nitrogens with zero attached hydrogens (tertiary/aromatic N) is 4. The minimum absolute atomic E-state index is 0.413. The highest BCUT2D eigenvalue weighted by Gasteiger charge is 2.39. The maximum absolute atomic E-state index is 5.35. The van der Waals surface area contributed by atoms with E-state index in [2.05, 4.69) is 106 Å². The molecular weight excluding hydrogens is 520 g/mol. The lowest BCUT2D eigenvalue weighted by Crippen LogP contribution is -2.36. The predicted octanol–water partition coefficient (Wildman–Crippen LogP) is 6.42. The van der Waals surface area contributed by atoms with Gasteiger partial charge in [0.2, 0.25) is 0 Å². The van der Waals surface area contributed by atoms with E-state index in [1.807, 2.05) is 12.1 Å². The molecule has 8 rings (SSSR count). The second kappa shape index (κ2) is 10.8. The molecule has 2 atom stereocenters. The number of anilines is 4. The van der Waals surface area contributed by atoms with Gasteiger partial charge in [-0.05, 0) is 85.6 Å². The van der Waals surface area contributed by atoms with Crippen molar-refractivity contribution in [3.63, 3.8) is 0 Å². The van der Waals surface area contributed by atoms with Gasteiger partial charge in [0.1, 0.15) is 23.8 Å². The molecule has 4 aliphatic heterocycles. The van der Waals surface area contributed by atoms with Crippen molar-refractivity contribution in [2.24, 2.45) is 0 Å². The van der Waals surface area contributed by atoms with Gasteiger partial charge in [0.15, 0.2) is 0 Å². The van der Waals surface area contributed by atoms with E-state index in [0.717, 1.165) is 50.5 Å². The summed E-state index contributed by atoms with van der Waals surface area (Å²) in [6, 6.07) is 30.6. The van der Waals surface area contributed by atoms with Crippen molar-refractivity contribution in [3.8, 4) is 11.5 Å². The van der Waals surface area contributed by atoms with Crippen LogP contribution in [0.4, 0.5) is 22.7 Å². The molecule has 4 aromatic rings. The van der Waals surface area contributed by atoms with Gasteiger partial charge in [0.25, 0.3) is 0 Å². The fourth-order valence-corrected chi connectivity index (χ4v) is 7.16. The number of methoxy groups -OCH3 is 2. The van der Waals surface area contributed by atoms with Crippen molar-refractivity contribution in [1.82, 2.24) is 0 Å². The van der Waals surface area contributed by atoms with Crippen LogP contribution in [0.5, 0.6) is 11.5 Å². The lowest BCUT2D eigenvalue weighted by Gasteiger charge is -2.27. The number of ether oxygens (including phenoxy) is 2. The van der Waals surface area contributed by atoms with Crippen molar-refractivity contribution < 1.29 is 9.47 Å². The van der Waals surface area contributed by atoms with Gasteiger partial charge in [0, 0.05) is 61.8 Å². The van der Waals surface area contributed by atoms with Crippen molar-refractivity contribution in [2.75, 3.05) is 60.0 Å². The van der Waals surface area contributed by atoms with Crippen molar-refractivity contribution in [2.45, 2.75) is 39.0 Å². The van der Waals surface area contributed by atoms with Crippen LogP contribution in [0.2, 0.25) is 0 Å². The second-order valence-electron chi connectivity index (χ2n) is 11.8. The van der Waals surface area contributed by atoms with E-state index in [9.17, 15) is 0 Å². The Morgan fingerprint density at radius 2 is 0.952 bits per heavy atom. The molecule has 0 aromatic heterocycles. The summed E-state index contributed by atoms with van der Waals surface area (Å²) in [5.74, 6) is 1.84. The van der Waals surface area contributed by atoms with Crippen LogP contribution in [0.15, 0.2) is 84.9 Å². The summed E-state index contributed by atoms with van der Waals surface area (Å²) in [6.45, 7) is 8.71. The molecule has 6 heteroatoms. The average Bonchev–Trinajstić information content (AvgIpc) is 3.78. The van der Waals surface area contributed by atoms with Crippen molar-refractivity contribution in [1.29, 1.82) is 0 Å². The van der Waals surface area contributed by atoms with Crippen LogP contribution >= 0.6 is 0 Å². The molecule has 4 aromatic carbocycles. The molecule has 4 aliphatic rings. The number of hydrogen-bond acceptors (Lipinski definition) is 6. The van der Waals surface area contributed by atoms with Crippen molar-refractivity contribution in [3.05, 3.63) is 107 Å². The summed E-state index contributed by atoms with van der Waals surface area (Å²) in [6.07, 6.45) is 3.11. The fourth-order valence-electron chi connectivity index (χ4n) is 7.16. The second-order valence-corrected chi connectivity index (χ2v) is 11.8. The molecule has 0 N–H and O–H groups in total. The molecule has 216 valence electrons. The Labute approximate surface area is 249 Å². The van der Waals surface area contributed by atoms with Crippen LogP contribution < -0.4 is 29.1 Å². The minimum atomic E-state index is 0.413. The SMILES string of the molecule is COc1ccc(N2CCN3c4ccc(OC)cc4CC23)cc1.Cc1ccc(N2CCN3c4ccc(C)cc4CC23)cc1. The average molecular weight is 561 g/mol. The van der Waals surface area contributed by atoms with E-state index in [4.69, 9.17) is 9.47 Å². The summed E-state index contributed by atoms with van der Waals surface area (Å²) < 4.78 is 10.6. The lowest BCUT2D eigenvalue weighted by atomic mass is 10.1. The number of rotatable bonds is 4. The Hall–Kier alpha value is -4.32. The fraction of sp³-hybridized carbons (Fsp3) is 0.333. The molecular formula is C36H40N4O2. The third-order valence-corrected chi connectivity index (χ3v) is 9.32. The van der Waals surface area contributed by atoms with Crippen LogP contribution in [0.1, 0.15) is 22.3 Å². The summed E-state index contributed by atoms with van der Waals surface area (Å²) in [5, 5.41) is 0. The van der Waals surface area contributed by atoms with E-state index in [0.29, 0.717) is 12.3 Å². The zero-order valence-corrected chi connectivity index (χ0v) is 25.1. The highest BCUT2D eigenvalue weighted by Crippen LogP contribution is 2.41. The Bertz CT molecular complexity index is 1570. The number of fused-ring (bicyclic) bond motifs is 6. The molecule has 0 saturated carbocycles. The van der Waals surface area contributed by atoms with Crippen LogP contribution in [-0.4, -0.2) is 52.7 Å².